The first-order valence-electron chi connectivity index (χ1n) is 7.63. The topological polar surface area (TPSA) is 72.2 Å². The quantitative estimate of drug-likeness (QED) is 0.666. The Hall–Kier alpha value is -1.91. The van der Waals surface area contributed by atoms with E-state index < -0.39 is 10.3 Å². The van der Waals surface area contributed by atoms with Gasteiger partial charge in [0.2, 0.25) is 5.91 Å². The number of hydrogen-bond donors (Lipinski definition) is 1. The Labute approximate surface area is 125 Å². The van der Waals surface area contributed by atoms with Crippen LogP contribution in [-0.2, 0) is 10.2 Å². The number of non-ortho nitro benzene ring substituents is 1. The van der Waals surface area contributed by atoms with Crippen molar-refractivity contribution in [2.75, 3.05) is 6.54 Å². The van der Waals surface area contributed by atoms with Gasteiger partial charge in [0.25, 0.3) is 5.69 Å². The van der Waals surface area contributed by atoms with E-state index in [-0.39, 0.29) is 11.6 Å². The first kappa shape index (κ1) is 17.1. The molecule has 1 aliphatic rings. The van der Waals surface area contributed by atoms with Crippen LogP contribution in [0.2, 0.25) is 0 Å². The molecule has 0 saturated heterocycles. The lowest BCUT2D eigenvalue weighted by Gasteiger charge is -2.40. The molecule has 1 aliphatic carbocycles. The molecule has 21 heavy (non-hydrogen) atoms. The fourth-order valence-corrected chi connectivity index (χ4v) is 2.49. The number of amides is 1. The number of nitro benzene ring substituents is 1. The molecule has 1 aromatic carbocycles. The maximum atomic E-state index is 12.3. The number of nitrogens with one attached hydrogen (secondary N) is 1. The second kappa shape index (κ2) is 7.76. The molecule has 116 valence electrons. The fraction of sp³-hybridized carbons (Fsp3) is 0.562. The van der Waals surface area contributed by atoms with Gasteiger partial charge in [-0.15, -0.1) is 0 Å². The molecule has 0 spiro atoms. The normalized spacial score (nSPS) is 15.2. The monoisotopic (exact) mass is 292 g/mol. The lowest BCUT2D eigenvalue weighted by molar-refractivity contribution is -0.384. The predicted octanol–water partition coefficient (Wildman–Crippen LogP) is 3.57. The average molecular weight is 292 g/mol. The van der Waals surface area contributed by atoms with Gasteiger partial charge in [0, 0.05) is 18.7 Å². The van der Waals surface area contributed by atoms with Crippen molar-refractivity contribution in [1.29, 1.82) is 0 Å². The Morgan fingerprint density at radius 2 is 1.86 bits per heavy atom. The van der Waals surface area contributed by atoms with Crippen LogP contribution in [0, 0.1) is 10.1 Å². The predicted molar refractivity (Wildman–Crippen MR) is 83.3 cm³/mol. The molecule has 2 rings (SSSR count). The molecule has 0 atom stereocenters. The minimum Gasteiger partial charge on any atom is -0.355 e. The summed E-state index contributed by atoms with van der Waals surface area (Å²) in [5.41, 5.74) is 0.481. The van der Waals surface area contributed by atoms with Gasteiger partial charge < -0.3 is 5.32 Å². The number of nitro groups is 1. The number of benzene rings is 1. The van der Waals surface area contributed by atoms with Crippen LogP contribution in [-0.4, -0.2) is 17.4 Å². The number of carbonyl (C=O) groups excluding carboxylic acids is 1. The summed E-state index contributed by atoms with van der Waals surface area (Å²) in [7, 11) is 0. The van der Waals surface area contributed by atoms with E-state index in [9.17, 15) is 14.9 Å². The zero-order chi connectivity index (χ0) is 15.9. The first-order valence-corrected chi connectivity index (χ1v) is 7.63. The number of rotatable bonds is 5. The van der Waals surface area contributed by atoms with Gasteiger partial charge in [-0.1, -0.05) is 39.3 Å². The summed E-state index contributed by atoms with van der Waals surface area (Å²) in [4.78, 5) is 22.5. The Bertz CT molecular complexity index is 479. The highest BCUT2D eigenvalue weighted by molar-refractivity contribution is 5.89. The van der Waals surface area contributed by atoms with Gasteiger partial charge in [0.15, 0.2) is 0 Å². The van der Waals surface area contributed by atoms with Crippen LogP contribution in [0.15, 0.2) is 24.3 Å². The van der Waals surface area contributed by atoms with Gasteiger partial charge in [-0.25, -0.2) is 0 Å². The summed E-state index contributed by atoms with van der Waals surface area (Å²) in [6.07, 6.45) is 3.57. The van der Waals surface area contributed by atoms with Gasteiger partial charge in [-0.3, -0.25) is 14.9 Å². The molecule has 1 aromatic rings. The fourth-order valence-electron chi connectivity index (χ4n) is 2.49. The van der Waals surface area contributed by atoms with Crippen molar-refractivity contribution in [3.8, 4) is 0 Å². The lowest BCUT2D eigenvalue weighted by atomic mass is 9.64. The molecule has 0 aliphatic heterocycles. The van der Waals surface area contributed by atoms with Crippen LogP contribution in [0.1, 0.15) is 52.0 Å². The summed E-state index contributed by atoms with van der Waals surface area (Å²) < 4.78 is 0. The first-order chi connectivity index (χ1) is 10.1. The summed E-state index contributed by atoms with van der Waals surface area (Å²) in [6.45, 7) is 6.69. The van der Waals surface area contributed by atoms with E-state index in [0.717, 1.165) is 31.2 Å². The third kappa shape index (κ3) is 3.60. The third-order valence-corrected chi connectivity index (χ3v) is 3.81. The molecule has 0 heterocycles. The zero-order valence-corrected chi connectivity index (χ0v) is 13.0. The van der Waals surface area contributed by atoms with Crippen molar-refractivity contribution in [3.05, 3.63) is 39.9 Å². The number of nitrogens with zero attached hydrogens (tertiary/aromatic N) is 1. The molecule has 5 heteroatoms. The van der Waals surface area contributed by atoms with Crippen LogP contribution in [0.3, 0.4) is 0 Å². The van der Waals surface area contributed by atoms with Gasteiger partial charge >= 0.3 is 0 Å². The molecule has 0 unspecified atom stereocenters. The Morgan fingerprint density at radius 1 is 1.29 bits per heavy atom. The average Bonchev–Trinajstić information content (AvgIpc) is 2.46. The number of hydrogen-bond acceptors (Lipinski definition) is 3. The number of carbonyl (C=O) groups is 1. The summed E-state index contributed by atoms with van der Waals surface area (Å²) in [5.74, 6) is 0.0504. The highest BCUT2D eigenvalue weighted by atomic mass is 16.6. The van der Waals surface area contributed by atoms with Crippen molar-refractivity contribution in [3.63, 3.8) is 0 Å². The Morgan fingerprint density at radius 3 is 2.24 bits per heavy atom. The van der Waals surface area contributed by atoms with Crippen molar-refractivity contribution in [2.45, 2.75) is 51.9 Å². The van der Waals surface area contributed by atoms with Crippen molar-refractivity contribution < 1.29 is 9.72 Å². The maximum Gasteiger partial charge on any atom is 0.269 e. The SMILES string of the molecule is CC.CCCNC(=O)C1(c2ccc([N+](=O)[O-])cc2)CCC1. The zero-order valence-electron chi connectivity index (χ0n) is 13.0. The molecular weight excluding hydrogens is 268 g/mol. The van der Waals surface area contributed by atoms with Crippen molar-refractivity contribution in [2.24, 2.45) is 0 Å². The molecular formula is C16H24N2O3. The molecule has 0 radical (unpaired) electrons. The molecule has 1 saturated carbocycles. The van der Waals surface area contributed by atoms with E-state index in [2.05, 4.69) is 5.32 Å². The van der Waals surface area contributed by atoms with Crippen LogP contribution < -0.4 is 5.32 Å². The van der Waals surface area contributed by atoms with E-state index in [4.69, 9.17) is 0 Å². The van der Waals surface area contributed by atoms with E-state index >= 15 is 0 Å². The van der Waals surface area contributed by atoms with E-state index in [1.165, 1.54) is 12.1 Å². The highest BCUT2D eigenvalue weighted by Gasteiger charge is 2.45. The Kier molecular flexibility index (Phi) is 6.34. The third-order valence-electron chi connectivity index (χ3n) is 3.81. The van der Waals surface area contributed by atoms with Gasteiger partial charge in [-0.05, 0) is 24.8 Å². The Balaban J connectivity index is 0.00000106. The lowest BCUT2D eigenvalue weighted by Crippen LogP contribution is -2.49. The molecule has 0 bridgehead atoms. The van der Waals surface area contributed by atoms with E-state index in [1.807, 2.05) is 20.8 Å². The second-order valence-corrected chi connectivity index (χ2v) is 5.00. The van der Waals surface area contributed by atoms with Crippen LogP contribution >= 0.6 is 0 Å². The highest BCUT2D eigenvalue weighted by Crippen LogP contribution is 2.44. The van der Waals surface area contributed by atoms with Crippen LogP contribution in [0.4, 0.5) is 5.69 Å². The molecule has 1 amide bonds. The van der Waals surface area contributed by atoms with Gasteiger partial charge in [-0.2, -0.15) is 0 Å². The summed E-state index contributed by atoms with van der Waals surface area (Å²) in [5, 5.41) is 13.6. The largest absolute Gasteiger partial charge is 0.355 e. The second-order valence-electron chi connectivity index (χ2n) is 5.00. The molecule has 5 nitrogen and oxygen atoms in total. The van der Waals surface area contributed by atoms with Crippen molar-refractivity contribution in [1.82, 2.24) is 5.32 Å². The maximum absolute atomic E-state index is 12.3. The van der Waals surface area contributed by atoms with Crippen molar-refractivity contribution >= 4 is 11.6 Å². The van der Waals surface area contributed by atoms with Gasteiger partial charge in [0.1, 0.15) is 0 Å². The van der Waals surface area contributed by atoms with E-state index in [0.29, 0.717) is 6.54 Å². The molecule has 1 N–H and O–H groups in total. The molecule has 0 aromatic heterocycles. The summed E-state index contributed by atoms with van der Waals surface area (Å²) >= 11 is 0. The minimum atomic E-state index is -0.468. The molecule has 1 fully saturated rings. The summed E-state index contributed by atoms with van der Waals surface area (Å²) in [6, 6.07) is 6.37. The minimum absolute atomic E-state index is 0.0504. The van der Waals surface area contributed by atoms with Crippen LogP contribution in [0.5, 0.6) is 0 Å². The van der Waals surface area contributed by atoms with Crippen LogP contribution in [0.25, 0.3) is 0 Å². The standard InChI is InChI=1S/C14H18N2O3.C2H6/c1-2-10-15-13(17)14(8-3-9-14)11-4-6-12(7-5-11)16(18)19;1-2/h4-7H,2-3,8-10H2,1H3,(H,15,17);1-2H3. The van der Waals surface area contributed by atoms with Gasteiger partial charge in [0.05, 0.1) is 10.3 Å². The smallest absolute Gasteiger partial charge is 0.269 e. The van der Waals surface area contributed by atoms with E-state index in [1.54, 1.807) is 12.1 Å².